The number of carbonyl (C=O) groups is 1. The van der Waals surface area contributed by atoms with E-state index >= 15 is 0 Å². The molecule has 0 N–H and O–H groups in total. The van der Waals surface area contributed by atoms with Crippen molar-refractivity contribution < 1.29 is 9.53 Å². The van der Waals surface area contributed by atoms with Crippen molar-refractivity contribution in [1.29, 1.82) is 0 Å². The van der Waals surface area contributed by atoms with E-state index < -0.39 is 0 Å². The number of methoxy groups -OCH3 is 1. The van der Waals surface area contributed by atoms with E-state index in [-0.39, 0.29) is 5.78 Å². The highest BCUT2D eigenvalue weighted by atomic mass is 16.5. The normalized spacial score (nSPS) is 16.3. The molecule has 0 saturated heterocycles. The minimum Gasteiger partial charge on any atom is -0.497 e. The Bertz CT molecular complexity index is 639. The van der Waals surface area contributed by atoms with Gasteiger partial charge in [-0.25, -0.2) is 0 Å². The van der Waals surface area contributed by atoms with Crippen LogP contribution in [0.1, 0.15) is 6.92 Å². The largest absolute Gasteiger partial charge is 0.497 e. The summed E-state index contributed by atoms with van der Waals surface area (Å²) in [5.41, 5.74) is 1.76. The molecular formula is C15H17NO2. The molecule has 0 spiro atoms. The van der Waals surface area contributed by atoms with Gasteiger partial charge >= 0.3 is 0 Å². The van der Waals surface area contributed by atoms with Gasteiger partial charge in [-0.2, -0.15) is 0 Å². The van der Waals surface area contributed by atoms with Crippen molar-refractivity contribution in [2.75, 3.05) is 21.2 Å². The first-order valence-corrected chi connectivity index (χ1v) is 5.82. The average Bonchev–Trinajstić information content (AvgIpc) is 2.33. The number of ether oxygens (including phenoxy) is 1. The summed E-state index contributed by atoms with van der Waals surface area (Å²) < 4.78 is 5.18. The number of hydrogen-bond donors (Lipinski definition) is 0. The van der Waals surface area contributed by atoms with Gasteiger partial charge < -0.3 is 9.64 Å². The van der Waals surface area contributed by atoms with Crippen LogP contribution in [0.5, 0.6) is 5.75 Å². The highest BCUT2D eigenvalue weighted by Crippen LogP contribution is 2.14. The Kier molecular flexibility index (Phi) is 3.24. The number of allylic oxidation sites excluding steroid dienone is 1. The molecule has 0 aliphatic heterocycles. The Morgan fingerprint density at radius 2 is 2.00 bits per heavy atom. The lowest BCUT2D eigenvalue weighted by atomic mass is 9.95. The summed E-state index contributed by atoms with van der Waals surface area (Å²) in [5.74, 6) is 0.813. The van der Waals surface area contributed by atoms with Crippen LogP contribution in [-0.4, -0.2) is 31.9 Å². The maximum Gasteiger partial charge on any atom is 0.188 e. The van der Waals surface area contributed by atoms with Crippen molar-refractivity contribution in [2.24, 2.45) is 0 Å². The maximum atomic E-state index is 12.1. The lowest BCUT2D eigenvalue weighted by molar-refractivity contribution is -0.109. The van der Waals surface area contributed by atoms with Crippen LogP contribution in [0.3, 0.4) is 0 Å². The molecule has 3 nitrogen and oxygen atoms in total. The summed E-state index contributed by atoms with van der Waals surface area (Å²) in [7, 11) is 5.45. The van der Waals surface area contributed by atoms with Gasteiger partial charge in [-0.05, 0) is 41.1 Å². The third kappa shape index (κ3) is 2.16. The molecule has 1 aromatic carbocycles. The second-order valence-electron chi connectivity index (χ2n) is 4.59. The fraction of sp³-hybridized carbons (Fsp3) is 0.267. The third-order valence-electron chi connectivity index (χ3n) is 3.01. The van der Waals surface area contributed by atoms with Gasteiger partial charge in [0.2, 0.25) is 0 Å². The molecule has 1 aromatic rings. The zero-order valence-electron chi connectivity index (χ0n) is 11.2. The van der Waals surface area contributed by atoms with E-state index in [0.717, 1.165) is 27.3 Å². The highest BCUT2D eigenvalue weighted by molar-refractivity contribution is 6.24. The first-order valence-electron chi connectivity index (χ1n) is 5.82. The number of benzene rings is 1. The predicted octanol–water partition coefficient (Wildman–Crippen LogP) is 0.674. The quantitative estimate of drug-likeness (QED) is 0.715. The van der Waals surface area contributed by atoms with E-state index in [1.807, 2.05) is 50.3 Å². The van der Waals surface area contributed by atoms with Crippen LogP contribution in [0.4, 0.5) is 0 Å². The van der Waals surface area contributed by atoms with Crippen LogP contribution in [0.2, 0.25) is 0 Å². The minimum absolute atomic E-state index is 0.0435. The molecule has 0 amide bonds. The Morgan fingerprint density at radius 1 is 1.28 bits per heavy atom. The number of ketones is 1. The molecule has 2 rings (SSSR count). The molecule has 1 aliphatic carbocycles. The van der Waals surface area contributed by atoms with Crippen molar-refractivity contribution in [2.45, 2.75) is 6.92 Å². The molecule has 3 heteroatoms. The molecule has 18 heavy (non-hydrogen) atoms. The van der Waals surface area contributed by atoms with E-state index in [1.165, 1.54) is 0 Å². The molecule has 0 atom stereocenters. The summed E-state index contributed by atoms with van der Waals surface area (Å²) in [6.07, 6.45) is 3.53. The summed E-state index contributed by atoms with van der Waals surface area (Å²) in [6, 6.07) is 5.80. The molecule has 1 aliphatic rings. The predicted molar refractivity (Wildman–Crippen MR) is 72.6 cm³/mol. The monoisotopic (exact) mass is 243 g/mol. The third-order valence-corrected chi connectivity index (χ3v) is 3.01. The van der Waals surface area contributed by atoms with Crippen LogP contribution < -0.4 is 15.2 Å². The molecule has 0 saturated carbocycles. The molecule has 0 aromatic heterocycles. The van der Waals surface area contributed by atoms with Crippen molar-refractivity contribution in [3.63, 3.8) is 0 Å². The van der Waals surface area contributed by atoms with Gasteiger partial charge in [0.25, 0.3) is 0 Å². The van der Waals surface area contributed by atoms with Crippen LogP contribution in [0, 0.1) is 0 Å². The standard InChI is InChI=1S/C15H17NO2/c1-10-13-6-5-12(18-4)7-11(13)8-15(17)14(10)9-16(2)3/h5-9H,1-4H3. The Balaban J connectivity index is 2.71. The number of nitrogens with zero attached hydrogens (tertiary/aromatic N) is 1. The Hall–Kier alpha value is -2.03. The van der Waals surface area contributed by atoms with Gasteiger partial charge in [0.05, 0.1) is 7.11 Å². The summed E-state index contributed by atoms with van der Waals surface area (Å²) in [4.78, 5) is 14.0. The molecule has 0 bridgehead atoms. The molecule has 94 valence electrons. The van der Waals surface area contributed by atoms with E-state index in [0.29, 0.717) is 0 Å². The zero-order valence-corrected chi connectivity index (χ0v) is 11.2. The summed E-state index contributed by atoms with van der Waals surface area (Å²) >= 11 is 0. The van der Waals surface area contributed by atoms with Crippen LogP contribution in [0.25, 0.3) is 11.6 Å². The number of fused-ring (bicyclic) bond motifs is 1. The van der Waals surface area contributed by atoms with E-state index in [2.05, 4.69) is 0 Å². The first kappa shape index (κ1) is 12.4. The van der Waals surface area contributed by atoms with Gasteiger partial charge in [-0.15, -0.1) is 0 Å². The summed E-state index contributed by atoms with van der Waals surface area (Å²) in [6.45, 7) is 1.98. The number of hydrogen-bond acceptors (Lipinski definition) is 3. The van der Waals surface area contributed by atoms with E-state index in [1.54, 1.807) is 13.2 Å². The van der Waals surface area contributed by atoms with E-state index in [4.69, 9.17) is 4.74 Å². The molecule has 0 fully saturated rings. The molecule has 0 heterocycles. The van der Waals surface area contributed by atoms with Crippen molar-refractivity contribution in [3.8, 4) is 5.75 Å². The second kappa shape index (κ2) is 4.69. The fourth-order valence-electron chi connectivity index (χ4n) is 2.10. The van der Waals surface area contributed by atoms with Gasteiger partial charge in [-0.1, -0.05) is 6.07 Å². The van der Waals surface area contributed by atoms with Crippen molar-refractivity contribution >= 4 is 17.4 Å². The lowest BCUT2D eigenvalue weighted by Gasteiger charge is -2.14. The van der Waals surface area contributed by atoms with Crippen LogP contribution in [0.15, 0.2) is 30.0 Å². The minimum atomic E-state index is 0.0435. The van der Waals surface area contributed by atoms with Crippen molar-refractivity contribution in [1.82, 2.24) is 4.90 Å². The summed E-state index contributed by atoms with van der Waals surface area (Å²) in [5, 5.41) is 2.01. The maximum absolute atomic E-state index is 12.1. The van der Waals surface area contributed by atoms with Crippen LogP contribution in [-0.2, 0) is 4.79 Å². The lowest BCUT2D eigenvalue weighted by Crippen LogP contribution is -2.33. The Morgan fingerprint density at radius 3 is 2.61 bits per heavy atom. The molecule has 0 unspecified atom stereocenters. The molecular weight excluding hydrogens is 226 g/mol. The first-order chi connectivity index (χ1) is 8.52. The average molecular weight is 243 g/mol. The smallest absolute Gasteiger partial charge is 0.188 e. The topological polar surface area (TPSA) is 29.5 Å². The number of rotatable bonds is 2. The molecule has 0 radical (unpaired) electrons. The van der Waals surface area contributed by atoms with Crippen molar-refractivity contribution in [3.05, 3.63) is 40.4 Å². The SMILES string of the molecule is COc1ccc2c(c1)=CC(=O)C(=CN(C)C)C=2C. The second-order valence-corrected chi connectivity index (χ2v) is 4.59. The van der Waals surface area contributed by atoms with Gasteiger partial charge in [0.15, 0.2) is 5.78 Å². The number of Topliss-reactive ketones (excluding diaryl/α,β-unsaturated/α-hetero) is 1. The van der Waals surface area contributed by atoms with Crippen LogP contribution >= 0.6 is 0 Å². The van der Waals surface area contributed by atoms with E-state index in [9.17, 15) is 4.79 Å². The van der Waals surface area contributed by atoms with Gasteiger partial charge in [0.1, 0.15) is 5.75 Å². The zero-order chi connectivity index (χ0) is 13.3. The number of carbonyl (C=O) groups excluding carboxylic acids is 1. The van der Waals surface area contributed by atoms with Gasteiger partial charge in [0, 0.05) is 25.9 Å². The fourth-order valence-corrected chi connectivity index (χ4v) is 2.10. The van der Waals surface area contributed by atoms with Gasteiger partial charge in [-0.3, -0.25) is 4.79 Å². The Labute approximate surface area is 107 Å². The highest BCUT2D eigenvalue weighted by Gasteiger charge is 2.15.